The van der Waals surface area contributed by atoms with Gasteiger partial charge in [0.15, 0.2) is 0 Å². The molecule has 8 nitrogen and oxygen atoms in total. The van der Waals surface area contributed by atoms with Crippen LogP contribution in [-0.4, -0.2) is 76.1 Å². The second-order valence-corrected chi connectivity index (χ2v) is 12.1. The van der Waals surface area contributed by atoms with Gasteiger partial charge in [0.05, 0.1) is 30.1 Å². The highest BCUT2D eigenvalue weighted by Crippen LogP contribution is 2.59. The number of rotatable bonds is 6. The molecule has 6 atom stereocenters. The van der Waals surface area contributed by atoms with Crippen molar-refractivity contribution in [3.05, 3.63) is 89.5 Å². The molecule has 0 saturated carbocycles. The van der Waals surface area contributed by atoms with Crippen LogP contribution in [0.15, 0.2) is 72.8 Å². The summed E-state index contributed by atoms with van der Waals surface area (Å²) in [4.78, 5) is 49.0. The molecule has 0 radical (unpaired) electrons. The average molecular weight is 570 g/mol. The molecular weight excluding hydrogens is 530 g/mol. The van der Waals surface area contributed by atoms with Crippen molar-refractivity contribution in [1.82, 2.24) is 9.80 Å². The summed E-state index contributed by atoms with van der Waals surface area (Å²) in [5, 5.41) is 10.8. The minimum atomic E-state index is -1.39. The van der Waals surface area contributed by atoms with E-state index in [4.69, 9.17) is 4.74 Å². The molecule has 0 bridgehead atoms. The van der Waals surface area contributed by atoms with Crippen molar-refractivity contribution >= 4 is 23.4 Å². The number of hydrogen-bond donors (Lipinski definition) is 1. The first-order valence-corrected chi connectivity index (χ1v) is 14.9. The zero-order valence-corrected chi connectivity index (χ0v) is 24.7. The van der Waals surface area contributed by atoms with Crippen molar-refractivity contribution in [2.75, 3.05) is 31.1 Å². The Kier molecular flexibility index (Phi) is 7.10. The summed E-state index contributed by atoms with van der Waals surface area (Å²) >= 11 is 0. The maximum atomic E-state index is 14.9. The zero-order chi connectivity index (χ0) is 29.8. The average Bonchev–Trinajstić information content (AvgIpc) is 3.24. The molecular formula is C34H39N3O5. The third-order valence-corrected chi connectivity index (χ3v) is 9.47. The Morgan fingerprint density at radius 1 is 0.905 bits per heavy atom. The van der Waals surface area contributed by atoms with Gasteiger partial charge in [0, 0.05) is 25.3 Å². The van der Waals surface area contributed by atoms with Crippen LogP contribution in [0.1, 0.15) is 43.0 Å². The normalized spacial score (nSPS) is 31.1. The lowest BCUT2D eigenvalue weighted by Gasteiger charge is -2.40. The van der Waals surface area contributed by atoms with Crippen LogP contribution >= 0.6 is 0 Å². The topological polar surface area (TPSA) is 90.4 Å². The summed E-state index contributed by atoms with van der Waals surface area (Å²) < 4.78 is 6.96. The molecule has 2 fully saturated rings. The van der Waals surface area contributed by atoms with Crippen LogP contribution in [0.2, 0.25) is 0 Å². The van der Waals surface area contributed by atoms with Crippen molar-refractivity contribution < 1.29 is 24.2 Å². The van der Waals surface area contributed by atoms with Crippen LogP contribution in [0.4, 0.5) is 5.69 Å². The number of aryl methyl sites for hydroxylation is 2. The molecule has 3 amide bonds. The molecule has 42 heavy (non-hydrogen) atoms. The SMILES string of the molecule is CCCN1CC=C[C@]2(C)O[C@]34C=CCN(c5c(C)cccc5C)C(=O)C3N([C@H](CO)c3ccccc3)C(=O)[C@@H]4[C@@H]2C1=O. The summed E-state index contributed by atoms with van der Waals surface area (Å²) in [6, 6.07) is 13.3. The van der Waals surface area contributed by atoms with E-state index in [1.165, 1.54) is 4.90 Å². The first kappa shape index (κ1) is 28.4. The first-order chi connectivity index (χ1) is 20.2. The number of likely N-dealkylation sites (tertiary alicyclic amines) is 1. The van der Waals surface area contributed by atoms with Gasteiger partial charge in [-0.1, -0.05) is 79.8 Å². The highest BCUT2D eigenvalue weighted by atomic mass is 16.5. The number of nitrogens with zero attached hydrogens (tertiary/aromatic N) is 3. The van der Waals surface area contributed by atoms with Crippen LogP contribution in [0.3, 0.4) is 0 Å². The monoisotopic (exact) mass is 569 g/mol. The summed E-state index contributed by atoms with van der Waals surface area (Å²) in [6.07, 6.45) is 8.38. The third kappa shape index (κ3) is 4.07. The summed E-state index contributed by atoms with van der Waals surface area (Å²) in [5.74, 6) is -2.53. The molecule has 4 aliphatic rings. The molecule has 2 saturated heterocycles. The number of hydrogen-bond acceptors (Lipinski definition) is 5. The van der Waals surface area contributed by atoms with Crippen molar-refractivity contribution in [1.29, 1.82) is 0 Å². The zero-order valence-electron chi connectivity index (χ0n) is 24.7. The smallest absolute Gasteiger partial charge is 0.253 e. The number of benzene rings is 2. The highest BCUT2D eigenvalue weighted by molar-refractivity contribution is 6.06. The molecule has 2 aromatic rings. The molecule has 4 aliphatic heterocycles. The Labute approximate surface area is 247 Å². The fourth-order valence-corrected chi connectivity index (χ4v) is 7.78. The van der Waals surface area contributed by atoms with E-state index in [0.29, 0.717) is 25.2 Å². The number of anilines is 1. The van der Waals surface area contributed by atoms with E-state index in [2.05, 4.69) is 0 Å². The Hall–Kier alpha value is -3.75. The number of fused-ring (bicyclic) bond motifs is 2. The van der Waals surface area contributed by atoms with E-state index in [1.807, 2.05) is 101 Å². The molecule has 2 aromatic carbocycles. The molecule has 8 heteroatoms. The summed E-state index contributed by atoms with van der Waals surface area (Å²) in [5.41, 5.74) is 0.925. The molecule has 1 unspecified atom stereocenters. The van der Waals surface area contributed by atoms with Crippen LogP contribution in [0, 0.1) is 25.7 Å². The van der Waals surface area contributed by atoms with E-state index < -0.39 is 35.1 Å². The fraction of sp³-hybridized carbons (Fsp3) is 0.441. The Balaban J connectivity index is 1.55. The van der Waals surface area contributed by atoms with Gasteiger partial charge in [-0.15, -0.1) is 0 Å². The van der Waals surface area contributed by atoms with Gasteiger partial charge in [-0.3, -0.25) is 14.4 Å². The molecule has 1 N–H and O–H groups in total. The quantitative estimate of drug-likeness (QED) is 0.536. The number of aliphatic hydroxyl groups is 1. The molecule has 4 heterocycles. The number of ether oxygens (including phenoxy) is 1. The molecule has 0 aromatic heterocycles. The molecule has 0 aliphatic carbocycles. The standard InChI is InChI=1S/C34H39N3O5/c1-5-18-35-19-10-16-33(4)26(30(35)39)27-31(40)37(25(21-38)24-14-7-6-8-15-24)29-32(41)36(20-11-17-34(27,29)42-33)28-22(2)12-9-13-23(28)3/h6-17,25-27,29,38H,5,18-21H2,1-4H3/t25-,26-,27+,29?,33+,34+/m1/s1. The number of para-hydroxylation sites is 1. The van der Waals surface area contributed by atoms with Crippen molar-refractivity contribution in [2.45, 2.75) is 57.4 Å². The second-order valence-electron chi connectivity index (χ2n) is 12.1. The van der Waals surface area contributed by atoms with E-state index in [0.717, 1.165) is 23.2 Å². The first-order valence-electron chi connectivity index (χ1n) is 14.9. The number of carbonyl (C=O) groups excluding carboxylic acids is 3. The maximum absolute atomic E-state index is 14.9. The van der Waals surface area contributed by atoms with Crippen molar-refractivity contribution in [3.8, 4) is 0 Å². The summed E-state index contributed by atoms with van der Waals surface area (Å²) in [6.45, 7) is 8.74. The minimum absolute atomic E-state index is 0.142. The van der Waals surface area contributed by atoms with E-state index in [-0.39, 0.29) is 24.3 Å². The summed E-state index contributed by atoms with van der Waals surface area (Å²) in [7, 11) is 0. The van der Waals surface area contributed by atoms with Gasteiger partial charge in [0.1, 0.15) is 11.6 Å². The molecule has 220 valence electrons. The van der Waals surface area contributed by atoms with Gasteiger partial charge >= 0.3 is 0 Å². The molecule has 1 spiro atoms. The van der Waals surface area contributed by atoms with Crippen molar-refractivity contribution in [3.63, 3.8) is 0 Å². The fourth-order valence-electron chi connectivity index (χ4n) is 7.78. The van der Waals surface area contributed by atoms with Crippen LogP contribution < -0.4 is 4.90 Å². The number of amides is 3. The van der Waals surface area contributed by atoms with E-state index in [9.17, 15) is 19.5 Å². The minimum Gasteiger partial charge on any atom is -0.394 e. The Bertz CT molecular complexity index is 1450. The van der Waals surface area contributed by atoms with Gasteiger partial charge in [-0.25, -0.2) is 0 Å². The maximum Gasteiger partial charge on any atom is 0.253 e. The van der Waals surface area contributed by atoms with Crippen LogP contribution in [-0.2, 0) is 19.1 Å². The number of aliphatic hydroxyl groups excluding tert-OH is 1. The van der Waals surface area contributed by atoms with E-state index >= 15 is 0 Å². The van der Waals surface area contributed by atoms with Gasteiger partial charge in [0.2, 0.25) is 11.8 Å². The molecule has 6 rings (SSSR count). The van der Waals surface area contributed by atoms with Crippen LogP contribution in [0.5, 0.6) is 0 Å². The van der Waals surface area contributed by atoms with Gasteiger partial charge < -0.3 is 24.5 Å². The van der Waals surface area contributed by atoms with Gasteiger partial charge in [-0.05, 0) is 43.9 Å². The largest absolute Gasteiger partial charge is 0.394 e. The lowest BCUT2D eigenvalue weighted by Crippen LogP contribution is -2.57. The van der Waals surface area contributed by atoms with E-state index in [1.54, 1.807) is 9.80 Å². The lowest BCUT2D eigenvalue weighted by atomic mass is 9.74. The Morgan fingerprint density at radius 3 is 2.26 bits per heavy atom. The van der Waals surface area contributed by atoms with Crippen molar-refractivity contribution in [2.24, 2.45) is 11.8 Å². The number of carbonyl (C=O) groups is 3. The lowest BCUT2D eigenvalue weighted by molar-refractivity contribution is -0.151. The Morgan fingerprint density at radius 2 is 1.60 bits per heavy atom. The highest BCUT2D eigenvalue weighted by Gasteiger charge is 2.75. The second kappa shape index (κ2) is 10.5. The van der Waals surface area contributed by atoms with Gasteiger partial charge in [-0.2, -0.15) is 0 Å². The van der Waals surface area contributed by atoms with Gasteiger partial charge in [0.25, 0.3) is 5.91 Å². The predicted octanol–water partition coefficient (Wildman–Crippen LogP) is 3.72. The predicted molar refractivity (Wildman–Crippen MR) is 160 cm³/mol. The van der Waals surface area contributed by atoms with Crippen LogP contribution in [0.25, 0.3) is 0 Å². The third-order valence-electron chi connectivity index (χ3n) is 9.47.